The molecule has 122 valence electrons. The van der Waals surface area contributed by atoms with Crippen LogP contribution in [0.25, 0.3) is 0 Å². The molecule has 0 radical (unpaired) electrons. The molecule has 0 bridgehead atoms. The van der Waals surface area contributed by atoms with Crippen molar-refractivity contribution in [1.29, 1.82) is 0 Å². The Balaban J connectivity index is 2.11. The summed E-state index contributed by atoms with van der Waals surface area (Å²) in [6.45, 7) is 11.8. The van der Waals surface area contributed by atoms with Gasteiger partial charge in [-0.3, -0.25) is 10.1 Å². The zero-order valence-corrected chi connectivity index (χ0v) is 14.2. The van der Waals surface area contributed by atoms with Gasteiger partial charge in [0, 0.05) is 19.1 Å². The predicted octanol–water partition coefficient (Wildman–Crippen LogP) is 2.13. The van der Waals surface area contributed by atoms with Crippen molar-refractivity contribution in [3.8, 4) is 0 Å². The van der Waals surface area contributed by atoms with Crippen LogP contribution in [0.2, 0.25) is 0 Å². The van der Waals surface area contributed by atoms with Gasteiger partial charge in [-0.1, -0.05) is 13.8 Å². The maximum Gasteiger partial charge on any atom is 0.239 e. The molecule has 0 aromatic rings. The van der Waals surface area contributed by atoms with Gasteiger partial charge in [-0.25, -0.2) is 0 Å². The molecule has 1 saturated heterocycles. The Hall–Kier alpha value is -0.610. The average Bonchev–Trinajstić information content (AvgIpc) is 3.20. The Labute approximate surface area is 129 Å². The molecule has 1 aliphatic carbocycles. The highest BCUT2D eigenvalue weighted by Crippen LogP contribution is 2.43. The summed E-state index contributed by atoms with van der Waals surface area (Å²) in [5.41, 5.74) is 5.77. The lowest BCUT2D eigenvalue weighted by Gasteiger charge is -2.38. The summed E-state index contributed by atoms with van der Waals surface area (Å²) >= 11 is 0. The van der Waals surface area contributed by atoms with Gasteiger partial charge >= 0.3 is 0 Å². The minimum atomic E-state index is -0.522. The van der Waals surface area contributed by atoms with Gasteiger partial charge in [-0.2, -0.15) is 0 Å². The molecule has 1 atom stereocenters. The third kappa shape index (κ3) is 3.42. The third-order valence-corrected chi connectivity index (χ3v) is 5.75. The average molecular weight is 295 g/mol. The van der Waals surface area contributed by atoms with E-state index in [-0.39, 0.29) is 11.9 Å². The summed E-state index contributed by atoms with van der Waals surface area (Å²) in [4.78, 5) is 14.7. The Kier molecular flexibility index (Phi) is 4.99. The minimum Gasteiger partial charge on any atom is -0.368 e. The van der Waals surface area contributed by atoms with Crippen molar-refractivity contribution >= 4 is 5.91 Å². The number of carbonyl (C=O) groups is 1. The van der Waals surface area contributed by atoms with Crippen molar-refractivity contribution in [2.75, 3.05) is 19.6 Å². The monoisotopic (exact) mass is 295 g/mol. The highest BCUT2D eigenvalue weighted by molar-refractivity contribution is 5.86. The molecule has 1 saturated carbocycles. The minimum absolute atomic E-state index is 0.163. The number of hydrogen-bond donors (Lipinski definition) is 2. The van der Waals surface area contributed by atoms with Gasteiger partial charge in [0.25, 0.3) is 0 Å². The number of nitrogens with zero attached hydrogens (tertiary/aromatic N) is 1. The molecule has 0 spiro atoms. The van der Waals surface area contributed by atoms with E-state index in [1.165, 1.54) is 19.3 Å². The van der Waals surface area contributed by atoms with Gasteiger partial charge in [0.05, 0.1) is 0 Å². The van der Waals surface area contributed by atoms with E-state index in [1.807, 2.05) is 0 Å². The molecule has 1 unspecified atom stereocenters. The van der Waals surface area contributed by atoms with E-state index in [1.54, 1.807) is 0 Å². The highest BCUT2D eigenvalue weighted by Gasteiger charge is 2.52. The molecule has 1 amide bonds. The summed E-state index contributed by atoms with van der Waals surface area (Å²) < 4.78 is 0. The van der Waals surface area contributed by atoms with Gasteiger partial charge in [0.1, 0.15) is 5.54 Å². The smallest absolute Gasteiger partial charge is 0.239 e. The van der Waals surface area contributed by atoms with Crippen molar-refractivity contribution in [2.24, 2.45) is 17.1 Å². The lowest BCUT2D eigenvalue weighted by atomic mass is 9.82. The second-order valence-electron chi connectivity index (χ2n) is 7.58. The Bertz CT molecular complexity index is 374. The second kappa shape index (κ2) is 6.25. The van der Waals surface area contributed by atoms with Crippen molar-refractivity contribution in [3.05, 3.63) is 0 Å². The van der Waals surface area contributed by atoms with Crippen LogP contribution in [-0.2, 0) is 4.79 Å². The molecule has 1 heterocycles. The van der Waals surface area contributed by atoms with Crippen LogP contribution in [0.3, 0.4) is 0 Å². The first-order valence-electron chi connectivity index (χ1n) is 8.67. The maximum atomic E-state index is 12.3. The first-order chi connectivity index (χ1) is 9.87. The lowest BCUT2D eigenvalue weighted by Crippen LogP contribution is -2.64. The number of primary amides is 1. The molecule has 2 aliphatic rings. The third-order valence-electron chi connectivity index (χ3n) is 5.75. The number of amides is 1. The Morgan fingerprint density at radius 1 is 1.38 bits per heavy atom. The normalized spacial score (nSPS) is 25.2. The van der Waals surface area contributed by atoms with Gasteiger partial charge in [0.15, 0.2) is 0 Å². The molecule has 21 heavy (non-hydrogen) atoms. The number of nitrogens with two attached hydrogens (primary N) is 1. The molecular formula is C17H33N3O. The number of rotatable bonds is 8. The number of likely N-dealkylation sites (tertiary alicyclic amines) is 1. The van der Waals surface area contributed by atoms with Crippen LogP contribution in [-0.4, -0.2) is 42.0 Å². The Morgan fingerprint density at radius 2 is 2.00 bits per heavy atom. The van der Waals surface area contributed by atoms with Crippen LogP contribution >= 0.6 is 0 Å². The van der Waals surface area contributed by atoms with Crippen LogP contribution in [0.1, 0.15) is 59.8 Å². The van der Waals surface area contributed by atoms with Crippen molar-refractivity contribution in [3.63, 3.8) is 0 Å². The zero-order valence-electron chi connectivity index (χ0n) is 14.2. The van der Waals surface area contributed by atoms with Crippen LogP contribution < -0.4 is 11.1 Å². The van der Waals surface area contributed by atoms with Crippen LogP contribution in [0.5, 0.6) is 0 Å². The van der Waals surface area contributed by atoms with E-state index in [4.69, 9.17) is 5.73 Å². The predicted molar refractivity (Wildman–Crippen MR) is 87.0 cm³/mol. The molecule has 1 aliphatic heterocycles. The zero-order chi connectivity index (χ0) is 15.7. The van der Waals surface area contributed by atoms with E-state index in [0.29, 0.717) is 11.3 Å². The van der Waals surface area contributed by atoms with E-state index in [9.17, 15) is 4.79 Å². The number of nitrogens with one attached hydrogen (secondary N) is 1. The molecule has 0 aromatic carbocycles. The summed E-state index contributed by atoms with van der Waals surface area (Å²) in [7, 11) is 0. The fourth-order valence-electron chi connectivity index (χ4n) is 4.08. The van der Waals surface area contributed by atoms with E-state index >= 15 is 0 Å². The molecule has 2 fully saturated rings. The second-order valence-corrected chi connectivity index (χ2v) is 7.58. The SMILES string of the molecule is CCC1(CC)CCN(CC(NC(C)C)(C(N)=O)C2CC2)C1. The van der Waals surface area contributed by atoms with Gasteiger partial charge < -0.3 is 10.6 Å². The van der Waals surface area contributed by atoms with Gasteiger partial charge in [-0.15, -0.1) is 0 Å². The first kappa shape index (κ1) is 16.8. The summed E-state index contributed by atoms with van der Waals surface area (Å²) in [6.07, 6.45) is 5.96. The number of carbonyl (C=O) groups excluding carboxylic acids is 1. The molecule has 4 nitrogen and oxygen atoms in total. The van der Waals surface area contributed by atoms with Crippen molar-refractivity contribution < 1.29 is 4.79 Å². The summed E-state index contributed by atoms with van der Waals surface area (Å²) in [5, 5.41) is 3.53. The lowest BCUT2D eigenvalue weighted by molar-refractivity contribution is -0.126. The van der Waals surface area contributed by atoms with Crippen LogP contribution in [0, 0.1) is 11.3 Å². The maximum absolute atomic E-state index is 12.3. The quantitative estimate of drug-likeness (QED) is 0.721. The summed E-state index contributed by atoms with van der Waals surface area (Å²) in [6, 6.07) is 0.280. The van der Waals surface area contributed by atoms with E-state index < -0.39 is 5.54 Å². The fraction of sp³-hybridized carbons (Fsp3) is 0.941. The largest absolute Gasteiger partial charge is 0.368 e. The standard InChI is InChI=1S/C17H33N3O/c1-5-16(6-2)9-10-20(11-16)12-17(15(18)21,14-7-8-14)19-13(3)4/h13-14,19H,5-12H2,1-4H3,(H2,18,21). The number of hydrogen-bond acceptors (Lipinski definition) is 3. The topological polar surface area (TPSA) is 58.4 Å². The molecular weight excluding hydrogens is 262 g/mol. The summed E-state index contributed by atoms with van der Waals surface area (Å²) in [5.74, 6) is 0.264. The Morgan fingerprint density at radius 3 is 2.38 bits per heavy atom. The van der Waals surface area contributed by atoms with E-state index in [2.05, 4.69) is 37.9 Å². The molecule has 3 N–H and O–H groups in total. The molecule has 2 rings (SSSR count). The molecule has 0 aromatic heterocycles. The van der Waals surface area contributed by atoms with E-state index in [0.717, 1.165) is 32.5 Å². The first-order valence-corrected chi connectivity index (χ1v) is 8.67. The van der Waals surface area contributed by atoms with Gasteiger partial charge in [-0.05, 0) is 63.8 Å². The van der Waals surface area contributed by atoms with Crippen LogP contribution in [0.4, 0.5) is 0 Å². The molecule has 4 heteroatoms. The fourth-order valence-corrected chi connectivity index (χ4v) is 4.08. The van der Waals surface area contributed by atoms with Crippen molar-refractivity contribution in [1.82, 2.24) is 10.2 Å². The highest BCUT2D eigenvalue weighted by atomic mass is 16.1. The van der Waals surface area contributed by atoms with Gasteiger partial charge in [0.2, 0.25) is 5.91 Å². The van der Waals surface area contributed by atoms with Crippen LogP contribution in [0.15, 0.2) is 0 Å². The van der Waals surface area contributed by atoms with Crippen molar-refractivity contribution in [2.45, 2.75) is 71.4 Å².